The summed E-state index contributed by atoms with van der Waals surface area (Å²) in [6.45, 7) is 4.32. The maximum Gasteiger partial charge on any atom is 0.320 e. The first-order valence-corrected chi connectivity index (χ1v) is 6.99. The van der Waals surface area contributed by atoms with Crippen molar-refractivity contribution in [2.75, 3.05) is 38.2 Å². The maximum atomic E-state index is 9.68. The zero-order chi connectivity index (χ0) is 14.5. The van der Waals surface area contributed by atoms with Crippen molar-refractivity contribution < 1.29 is 14.3 Å². The van der Waals surface area contributed by atoms with E-state index in [4.69, 9.17) is 9.15 Å². The summed E-state index contributed by atoms with van der Waals surface area (Å²) in [5.74, 6) is 0.727. The van der Waals surface area contributed by atoms with Gasteiger partial charge in [-0.05, 0) is 12.1 Å². The molecule has 0 aliphatic carbocycles. The van der Waals surface area contributed by atoms with Gasteiger partial charge in [-0.2, -0.15) is 0 Å². The number of anilines is 2. The van der Waals surface area contributed by atoms with Crippen LogP contribution in [0.25, 0.3) is 0 Å². The Morgan fingerprint density at radius 1 is 1.19 bits per heavy atom. The average Bonchev–Trinajstić information content (AvgIpc) is 2.96. The fourth-order valence-electron chi connectivity index (χ4n) is 2.18. The Hall–Kier alpha value is -2.12. The Kier molecular flexibility index (Phi) is 4.32. The summed E-state index contributed by atoms with van der Waals surface area (Å²) in [5, 5.41) is 20.5. The summed E-state index contributed by atoms with van der Waals surface area (Å²) in [5.41, 5.74) is 0.542. The van der Waals surface area contributed by atoms with Crippen LogP contribution in [0.15, 0.2) is 28.7 Å². The number of ether oxygens (including phenoxy) is 1. The van der Waals surface area contributed by atoms with Crippen LogP contribution in [0, 0.1) is 0 Å². The molecular weight excluding hydrogens is 272 g/mol. The minimum absolute atomic E-state index is 0.144. The van der Waals surface area contributed by atoms with E-state index in [0.29, 0.717) is 18.0 Å². The van der Waals surface area contributed by atoms with Gasteiger partial charge in [0.2, 0.25) is 5.89 Å². The third kappa shape index (κ3) is 3.71. The second kappa shape index (κ2) is 6.55. The topological polar surface area (TPSA) is 83.7 Å². The van der Waals surface area contributed by atoms with Gasteiger partial charge in [-0.1, -0.05) is 17.2 Å². The minimum Gasteiger partial charge on any atom is -0.506 e. The lowest BCUT2D eigenvalue weighted by atomic mass is 10.3. The lowest BCUT2D eigenvalue weighted by Gasteiger charge is -2.25. The normalized spacial score (nSPS) is 16.0. The maximum absolute atomic E-state index is 9.68. The first-order chi connectivity index (χ1) is 10.3. The van der Waals surface area contributed by atoms with Crippen LogP contribution in [0.1, 0.15) is 5.89 Å². The molecule has 0 spiro atoms. The monoisotopic (exact) mass is 290 g/mol. The van der Waals surface area contributed by atoms with E-state index in [1.807, 2.05) is 6.07 Å². The number of aromatic hydroxyl groups is 1. The van der Waals surface area contributed by atoms with Gasteiger partial charge in [-0.15, -0.1) is 5.10 Å². The van der Waals surface area contributed by atoms with Gasteiger partial charge < -0.3 is 19.6 Å². The summed E-state index contributed by atoms with van der Waals surface area (Å²) in [6.07, 6.45) is 0.704. The standard InChI is InChI=1S/C14H18N4O3/c19-12-4-2-1-3-11(12)15-14-17-16-13(21-14)5-6-18-7-9-20-10-8-18/h1-4,19H,5-10H2,(H,15,17). The molecule has 112 valence electrons. The number of rotatable bonds is 5. The highest BCUT2D eigenvalue weighted by Crippen LogP contribution is 2.25. The van der Waals surface area contributed by atoms with Gasteiger partial charge in [0, 0.05) is 26.1 Å². The largest absolute Gasteiger partial charge is 0.506 e. The molecule has 0 unspecified atom stereocenters. The second-order valence-electron chi connectivity index (χ2n) is 4.85. The Labute approximate surface area is 122 Å². The third-order valence-electron chi connectivity index (χ3n) is 3.36. The quantitative estimate of drug-likeness (QED) is 0.805. The Morgan fingerprint density at radius 3 is 2.81 bits per heavy atom. The van der Waals surface area contributed by atoms with Gasteiger partial charge in [-0.25, -0.2) is 0 Å². The van der Waals surface area contributed by atoms with Gasteiger partial charge in [0.05, 0.1) is 18.9 Å². The number of nitrogens with zero attached hydrogens (tertiary/aromatic N) is 3. The first-order valence-electron chi connectivity index (χ1n) is 6.99. The fourth-order valence-corrected chi connectivity index (χ4v) is 2.18. The zero-order valence-electron chi connectivity index (χ0n) is 11.7. The number of hydrogen-bond donors (Lipinski definition) is 2. The van der Waals surface area contributed by atoms with Gasteiger partial charge in [0.25, 0.3) is 0 Å². The molecule has 1 saturated heterocycles. The van der Waals surface area contributed by atoms with Crippen molar-refractivity contribution >= 4 is 11.7 Å². The van der Waals surface area contributed by atoms with Crippen LogP contribution in [0.2, 0.25) is 0 Å². The molecule has 0 saturated carbocycles. The number of phenolic OH excluding ortho intramolecular Hbond substituents is 1. The third-order valence-corrected chi connectivity index (χ3v) is 3.36. The van der Waals surface area contributed by atoms with Crippen molar-refractivity contribution in [3.63, 3.8) is 0 Å². The average molecular weight is 290 g/mol. The van der Waals surface area contributed by atoms with E-state index in [2.05, 4.69) is 20.4 Å². The molecule has 0 amide bonds. The highest BCUT2D eigenvalue weighted by molar-refractivity contribution is 5.60. The summed E-state index contributed by atoms with van der Waals surface area (Å²) in [6, 6.07) is 7.19. The number of phenols is 1. The van der Waals surface area contributed by atoms with Crippen LogP contribution in [-0.4, -0.2) is 53.1 Å². The van der Waals surface area contributed by atoms with Crippen LogP contribution >= 0.6 is 0 Å². The van der Waals surface area contributed by atoms with Crippen LogP contribution in [-0.2, 0) is 11.2 Å². The summed E-state index contributed by atoms with van der Waals surface area (Å²) in [7, 11) is 0. The smallest absolute Gasteiger partial charge is 0.320 e. The lowest BCUT2D eigenvalue weighted by Crippen LogP contribution is -2.37. The molecule has 0 atom stereocenters. The molecular formula is C14H18N4O3. The van der Waals surface area contributed by atoms with Crippen molar-refractivity contribution in [1.82, 2.24) is 15.1 Å². The fraction of sp³-hybridized carbons (Fsp3) is 0.429. The molecule has 1 fully saturated rings. The second-order valence-corrected chi connectivity index (χ2v) is 4.85. The van der Waals surface area contributed by atoms with Gasteiger partial charge in [0.15, 0.2) is 0 Å². The van der Waals surface area contributed by atoms with Crippen LogP contribution in [0.3, 0.4) is 0 Å². The molecule has 1 aliphatic rings. The molecule has 2 aromatic rings. The number of hydrogen-bond acceptors (Lipinski definition) is 7. The van der Waals surface area contributed by atoms with E-state index >= 15 is 0 Å². The predicted octanol–water partition coefficient (Wildman–Crippen LogP) is 1.39. The molecule has 7 nitrogen and oxygen atoms in total. The first kappa shape index (κ1) is 13.8. The van der Waals surface area contributed by atoms with Gasteiger partial charge in [-0.3, -0.25) is 4.90 Å². The van der Waals surface area contributed by atoms with E-state index in [1.165, 1.54) is 0 Å². The van der Waals surface area contributed by atoms with E-state index in [-0.39, 0.29) is 11.8 Å². The van der Waals surface area contributed by atoms with E-state index in [0.717, 1.165) is 32.8 Å². The van der Waals surface area contributed by atoms with Crippen LogP contribution < -0.4 is 5.32 Å². The summed E-state index contributed by atoms with van der Waals surface area (Å²) in [4.78, 5) is 2.31. The molecule has 21 heavy (non-hydrogen) atoms. The Bertz CT molecular complexity index is 581. The Balaban J connectivity index is 1.55. The molecule has 1 aliphatic heterocycles. The molecule has 2 N–H and O–H groups in total. The van der Waals surface area contributed by atoms with E-state index < -0.39 is 0 Å². The Morgan fingerprint density at radius 2 is 2.00 bits per heavy atom. The van der Waals surface area contributed by atoms with Gasteiger partial charge >= 0.3 is 6.01 Å². The van der Waals surface area contributed by atoms with Crippen molar-refractivity contribution in [2.45, 2.75) is 6.42 Å². The van der Waals surface area contributed by atoms with Crippen LogP contribution in [0.5, 0.6) is 5.75 Å². The predicted molar refractivity (Wildman–Crippen MR) is 76.7 cm³/mol. The SMILES string of the molecule is Oc1ccccc1Nc1nnc(CCN2CCOCC2)o1. The molecule has 7 heteroatoms. The molecule has 0 radical (unpaired) electrons. The molecule has 3 rings (SSSR count). The highest BCUT2D eigenvalue weighted by atomic mass is 16.5. The zero-order valence-corrected chi connectivity index (χ0v) is 11.7. The minimum atomic E-state index is 0.144. The highest BCUT2D eigenvalue weighted by Gasteiger charge is 2.13. The molecule has 0 bridgehead atoms. The van der Waals surface area contributed by atoms with Crippen molar-refractivity contribution in [3.8, 4) is 5.75 Å². The number of benzene rings is 1. The number of aromatic nitrogens is 2. The molecule has 1 aromatic carbocycles. The number of morpholine rings is 1. The van der Waals surface area contributed by atoms with Crippen LogP contribution in [0.4, 0.5) is 11.7 Å². The summed E-state index contributed by atoms with van der Waals surface area (Å²) >= 11 is 0. The van der Waals surface area contributed by atoms with Crippen molar-refractivity contribution in [1.29, 1.82) is 0 Å². The van der Waals surface area contributed by atoms with E-state index in [1.54, 1.807) is 18.2 Å². The lowest BCUT2D eigenvalue weighted by molar-refractivity contribution is 0.0377. The summed E-state index contributed by atoms with van der Waals surface area (Å²) < 4.78 is 10.8. The van der Waals surface area contributed by atoms with E-state index in [9.17, 15) is 5.11 Å². The molecule has 2 heterocycles. The van der Waals surface area contributed by atoms with Crippen molar-refractivity contribution in [2.24, 2.45) is 0 Å². The number of nitrogens with one attached hydrogen (secondary N) is 1. The van der Waals surface area contributed by atoms with Gasteiger partial charge in [0.1, 0.15) is 5.75 Å². The molecule has 1 aromatic heterocycles. The van der Waals surface area contributed by atoms with Crippen molar-refractivity contribution in [3.05, 3.63) is 30.2 Å². The number of para-hydroxylation sites is 2.